The Labute approximate surface area is 188 Å². The van der Waals surface area contributed by atoms with Crippen molar-refractivity contribution in [2.75, 3.05) is 50.6 Å². The van der Waals surface area contributed by atoms with Crippen LogP contribution in [0.25, 0.3) is 22.3 Å². The second-order valence-electron chi connectivity index (χ2n) is 7.51. The van der Waals surface area contributed by atoms with Crippen LogP contribution in [0.1, 0.15) is 9.67 Å². The summed E-state index contributed by atoms with van der Waals surface area (Å²) in [5, 5.41) is 13.2. The van der Waals surface area contributed by atoms with E-state index >= 15 is 0 Å². The Hall–Kier alpha value is -3.57. The van der Waals surface area contributed by atoms with Gasteiger partial charge in [-0.25, -0.2) is 0 Å². The molecule has 0 aliphatic carbocycles. The van der Waals surface area contributed by atoms with Crippen molar-refractivity contribution >= 4 is 45.7 Å². The third-order valence-electron chi connectivity index (χ3n) is 5.16. The molecule has 0 unspecified atom stereocenters. The molecule has 1 aliphatic rings. The first-order chi connectivity index (χ1) is 15.6. The minimum absolute atomic E-state index is 0.0756. The van der Waals surface area contributed by atoms with Crippen LogP contribution in [0.2, 0.25) is 0 Å². The normalized spacial score (nSPS) is 14.0. The van der Waals surface area contributed by atoms with Crippen LogP contribution in [-0.4, -0.2) is 76.4 Å². The van der Waals surface area contributed by atoms with E-state index in [1.807, 2.05) is 29.6 Å². The number of amides is 1. The molecule has 4 heterocycles. The molecule has 11 heteroatoms. The molecule has 0 spiro atoms. The van der Waals surface area contributed by atoms with Crippen molar-refractivity contribution in [2.45, 2.75) is 0 Å². The molecule has 1 saturated heterocycles. The van der Waals surface area contributed by atoms with Crippen LogP contribution in [0.4, 0.5) is 17.6 Å². The summed E-state index contributed by atoms with van der Waals surface area (Å²) in [5.74, 6) is 1.40. The quantitative estimate of drug-likeness (QED) is 0.477. The number of rotatable bonds is 5. The van der Waals surface area contributed by atoms with Crippen LogP contribution in [0.5, 0.6) is 0 Å². The number of anilines is 3. The van der Waals surface area contributed by atoms with Crippen molar-refractivity contribution in [3.63, 3.8) is 0 Å². The minimum atomic E-state index is -0.0756. The number of hydrogen-bond acceptors (Lipinski definition) is 9. The lowest BCUT2D eigenvalue weighted by atomic mass is 10.1. The summed E-state index contributed by atoms with van der Waals surface area (Å²) in [5.41, 5.74) is 2.42. The fourth-order valence-electron chi connectivity index (χ4n) is 3.51. The number of hydrogen-bond donors (Lipinski definition) is 2. The Morgan fingerprint density at radius 2 is 2.03 bits per heavy atom. The van der Waals surface area contributed by atoms with Gasteiger partial charge in [-0.05, 0) is 17.5 Å². The lowest BCUT2D eigenvalue weighted by molar-refractivity contribution is 0.0833. The zero-order valence-corrected chi connectivity index (χ0v) is 18.5. The van der Waals surface area contributed by atoms with E-state index in [0.29, 0.717) is 54.6 Å². The van der Waals surface area contributed by atoms with Gasteiger partial charge in [0.1, 0.15) is 4.88 Å². The van der Waals surface area contributed by atoms with Crippen molar-refractivity contribution in [3.05, 3.63) is 40.7 Å². The van der Waals surface area contributed by atoms with Gasteiger partial charge in [-0.3, -0.25) is 9.89 Å². The smallest absolute Gasteiger partial charge is 0.265 e. The van der Waals surface area contributed by atoms with Gasteiger partial charge < -0.3 is 19.9 Å². The number of nitrogens with one attached hydrogen (secondary N) is 2. The summed E-state index contributed by atoms with van der Waals surface area (Å²) in [6.07, 6.45) is 1.77. The maximum Gasteiger partial charge on any atom is 0.265 e. The molecule has 3 aromatic heterocycles. The number of carbonyl (C=O) groups is 1. The topological polar surface area (TPSA) is 112 Å². The molecular formula is C21H22N8O2S. The molecule has 1 aromatic carbocycles. The van der Waals surface area contributed by atoms with E-state index < -0.39 is 0 Å². The SMILES string of the molecule is CN(C)C(=O)c1sccc1Nc1nc(-c2cccc3[nH]ncc23)nc(N2CCOCC2)n1. The second kappa shape index (κ2) is 8.52. The number of carbonyl (C=O) groups excluding carboxylic acids is 1. The minimum Gasteiger partial charge on any atom is -0.378 e. The van der Waals surface area contributed by atoms with Crippen LogP contribution >= 0.6 is 11.3 Å². The highest BCUT2D eigenvalue weighted by molar-refractivity contribution is 7.12. The maximum atomic E-state index is 12.5. The third kappa shape index (κ3) is 3.87. The number of ether oxygens (including phenoxy) is 1. The van der Waals surface area contributed by atoms with Crippen molar-refractivity contribution < 1.29 is 9.53 Å². The van der Waals surface area contributed by atoms with Gasteiger partial charge in [-0.15, -0.1) is 11.3 Å². The van der Waals surface area contributed by atoms with Gasteiger partial charge in [0, 0.05) is 38.1 Å². The van der Waals surface area contributed by atoms with Crippen molar-refractivity contribution in [1.29, 1.82) is 0 Å². The predicted molar refractivity (Wildman–Crippen MR) is 124 cm³/mol. The fourth-order valence-corrected chi connectivity index (χ4v) is 4.38. The third-order valence-corrected chi connectivity index (χ3v) is 6.06. The first-order valence-corrected chi connectivity index (χ1v) is 11.1. The zero-order chi connectivity index (χ0) is 22.1. The number of aromatic amines is 1. The summed E-state index contributed by atoms with van der Waals surface area (Å²) >= 11 is 1.38. The number of aromatic nitrogens is 5. The monoisotopic (exact) mass is 450 g/mol. The molecule has 0 saturated carbocycles. The Morgan fingerprint density at radius 1 is 1.19 bits per heavy atom. The summed E-state index contributed by atoms with van der Waals surface area (Å²) in [6.45, 7) is 2.63. The first kappa shape index (κ1) is 20.3. The summed E-state index contributed by atoms with van der Waals surface area (Å²) in [6, 6.07) is 7.72. The lowest BCUT2D eigenvalue weighted by Gasteiger charge is -2.27. The van der Waals surface area contributed by atoms with Crippen LogP contribution < -0.4 is 10.2 Å². The molecule has 1 aliphatic heterocycles. The van der Waals surface area contributed by atoms with E-state index in [9.17, 15) is 4.79 Å². The maximum absolute atomic E-state index is 12.5. The van der Waals surface area contributed by atoms with Crippen LogP contribution in [0, 0.1) is 0 Å². The summed E-state index contributed by atoms with van der Waals surface area (Å²) in [4.78, 5) is 30.9. The molecule has 32 heavy (non-hydrogen) atoms. The second-order valence-corrected chi connectivity index (χ2v) is 8.42. The van der Waals surface area contributed by atoms with E-state index in [-0.39, 0.29) is 5.91 Å². The van der Waals surface area contributed by atoms with E-state index in [2.05, 4.69) is 25.4 Å². The Kier molecular flexibility index (Phi) is 5.41. The van der Waals surface area contributed by atoms with Crippen LogP contribution in [0.3, 0.4) is 0 Å². The van der Waals surface area contributed by atoms with Gasteiger partial charge in [0.05, 0.1) is 30.6 Å². The number of fused-ring (bicyclic) bond motifs is 1. The van der Waals surface area contributed by atoms with Gasteiger partial charge in [0.15, 0.2) is 5.82 Å². The highest BCUT2D eigenvalue weighted by Crippen LogP contribution is 2.30. The fraction of sp³-hybridized carbons (Fsp3) is 0.286. The summed E-state index contributed by atoms with van der Waals surface area (Å²) < 4.78 is 5.48. The van der Waals surface area contributed by atoms with E-state index in [0.717, 1.165) is 16.5 Å². The average Bonchev–Trinajstić information content (AvgIpc) is 3.48. The molecule has 0 radical (unpaired) electrons. The predicted octanol–water partition coefficient (Wildman–Crippen LogP) is 2.76. The average molecular weight is 451 g/mol. The van der Waals surface area contributed by atoms with Gasteiger partial charge >= 0.3 is 0 Å². The Balaban J connectivity index is 1.58. The van der Waals surface area contributed by atoms with Gasteiger partial charge in [-0.1, -0.05) is 12.1 Å². The zero-order valence-electron chi connectivity index (χ0n) is 17.7. The highest BCUT2D eigenvalue weighted by Gasteiger charge is 2.20. The molecule has 2 N–H and O–H groups in total. The van der Waals surface area contributed by atoms with Crippen LogP contribution in [0.15, 0.2) is 35.8 Å². The molecule has 4 aromatic rings. The molecule has 0 bridgehead atoms. The van der Waals surface area contributed by atoms with Crippen molar-refractivity contribution in [1.82, 2.24) is 30.0 Å². The Bertz CT molecular complexity index is 1260. The van der Waals surface area contributed by atoms with E-state index in [4.69, 9.17) is 14.7 Å². The molecule has 1 fully saturated rings. The molecule has 164 valence electrons. The Morgan fingerprint density at radius 3 is 2.84 bits per heavy atom. The highest BCUT2D eigenvalue weighted by atomic mass is 32.1. The number of H-pyrrole nitrogens is 1. The standard InChI is InChI=1S/C21H22N8O2S/c1-28(2)19(30)17-16(6-11-32-17)23-20-24-18(13-4-3-5-15-14(13)12-22-27-15)25-21(26-20)29-7-9-31-10-8-29/h3-6,11-12H,7-10H2,1-2H3,(H,22,27)(H,23,24,25,26). The van der Waals surface area contributed by atoms with Crippen molar-refractivity contribution in [3.8, 4) is 11.4 Å². The van der Waals surface area contributed by atoms with Gasteiger partial charge in [0.2, 0.25) is 11.9 Å². The molecular weight excluding hydrogens is 428 g/mol. The number of morpholine rings is 1. The van der Waals surface area contributed by atoms with Crippen molar-refractivity contribution in [2.24, 2.45) is 0 Å². The van der Waals surface area contributed by atoms with Crippen LogP contribution in [-0.2, 0) is 4.74 Å². The molecule has 0 atom stereocenters. The number of benzene rings is 1. The van der Waals surface area contributed by atoms with Gasteiger partial charge in [0.25, 0.3) is 5.91 Å². The van der Waals surface area contributed by atoms with E-state index in [1.54, 1.807) is 25.2 Å². The lowest BCUT2D eigenvalue weighted by Crippen LogP contribution is -2.37. The summed E-state index contributed by atoms with van der Waals surface area (Å²) in [7, 11) is 3.46. The largest absolute Gasteiger partial charge is 0.378 e. The number of thiophene rings is 1. The molecule has 1 amide bonds. The first-order valence-electron chi connectivity index (χ1n) is 10.2. The molecule has 5 rings (SSSR count). The number of nitrogens with zero attached hydrogens (tertiary/aromatic N) is 6. The molecule has 10 nitrogen and oxygen atoms in total. The van der Waals surface area contributed by atoms with E-state index in [1.165, 1.54) is 11.3 Å². The van der Waals surface area contributed by atoms with Gasteiger partial charge in [-0.2, -0.15) is 20.1 Å².